The Hall–Kier alpha value is 0.210. The first kappa shape index (κ1) is 13.8. The maximum atomic E-state index is 8.51. The molecule has 0 aromatic rings. The molecule has 0 bridgehead atoms. The maximum Gasteiger partial charge on any atom is 0.0431 e. The van der Waals surface area contributed by atoms with E-state index in [1.807, 2.05) is 0 Å². The second-order valence-corrected chi connectivity index (χ2v) is 2.46. The highest BCUT2D eigenvalue weighted by molar-refractivity contribution is 5.85. The highest BCUT2D eigenvalue weighted by Gasteiger charge is 1.96. The van der Waals surface area contributed by atoms with Gasteiger partial charge in [0.05, 0.1) is 0 Å². The van der Waals surface area contributed by atoms with Gasteiger partial charge < -0.3 is 10.0 Å². The van der Waals surface area contributed by atoms with Crippen molar-refractivity contribution in [2.45, 2.75) is 26.7 Å². The number of rotatable bonds is 6. The van der Waals surface area contributed by atoms with E-state index in [-0.39, 0.29) is 12.4 Å². The maximum absolute atomic E-state index is 8.51. The van der Waals surface area contributed by atoms with Gasteiger partial charge in [0.15, 0.2) is 0 Å². The van der Waals surface area contributed by atoms with E-state index in [9.17, 15) is 0 Å². The molecule has 11 heavy (non-hydrogen) atoms. The van der Waals surface area contributed by atoms with Crippen molar-refractivity contribution in [3.05, 3.63) is 0 Å². The van der Waals surface area contributed by atoms with E-state index in [2.05, 4.69) is 18.7 Å². The quantitative estimate of drug-likeness (QED) is 0.629. The molecule has 0 spiro atoms. The third-order valence-electron chi connectivity index (χ3n) is 1.78. The molecule has 0 aliphatic rings. The van der Waals surface area contributed by atoms with Crippen LogP contribution in [0, 0.1) is 0 Å². The predicted molar refractivity (Wildman–Crippen MR) is 51.4 cm³/mol. The molecule has 0 saturated heterocycles. The number of aliphatic hydroxyl groups is 1. The fraction of sp³-hybridized carbons (Fsp3) is 1.00. The summed E-state index contributed by atoms with van der Waals surface area (Å²) in [5.74, 6) is 0. The van der Waals surface area contributed by atoms with E-state index in [1.165, 1.54) is 0 Å². The summed E-state index contributed by atoms with van der Waals surface area (Å²) >= 11 is 0. The van der Waals surface area contributed by atoms with Crippen molar-refractivity contribution in [1.29, 1.82) is 0 Å². The monoisotopic (exact) mass is 181 g/mol. The summed E-state index contributed by atoms with van der Waals surface area (Å²) in [6.45, 7) is 8.06. The lowest BCUT2D eigenvalue weighted by Gasteiger charge is -2.16. The number of hydrogen-bond acceptors (Lipinski definition) is 2. The molecule has 0 heterocycles. The third-order valence-corrected chi connectivity index (χ3v) is 1.78. The summed E-state index contributed by atoms with van der Waals surface area (Å²) in [6, 6.07) is 0. The van der Waals surface area contributed by atoms with Crippen LogP contribution in [-0.4, -0.2) is 36.2 Å². The standard InChI is InChI=1S/C8H19NO.ClH/c1-3-9(4-2)7-5-6-8-10;/h10H,3-8H2,1-2H3;1H. The molecule has 2 nitrogen and oxygen atoms in total. The fourth-order valence-electron chi connectivity index (χ4n) is 0.987. The molecule has 0 aliphatic heterocycles. The fourth-order valence-corrected chi connectivity index (χ4v) is 0.987. The Kier molecular flexibility index (Phi) is 12.8. The van der Waals surface area contributed by atoms with Gasteiger partial charge in [-0.1, -0.05) is 13.8 Å². The molecule has 0 atom stereocenters. The normalized spacial score (nSPS) is 9.82. The molecule has 0 fully saturated rings. The SMILES string of the molecule is CCN(CC)CCCCO.Cl. The summed E-state index contributed by atoms with van der Waals surface area (Å²) in [5.41, 5.74) is 0. The summed E-state index contributed by atoms with van der Waals surface area (Å²) in [5, 5.41) is 8.51. The minimum Gasteiger partial charge on any atom is -0.396 e. The molecule has 0 amide bonds. The molecule has 1 N–H and O–H groups in total. The Morgan fingerprint density at radius 2 is 1.64 bits per heavy atom. The molecule has 0 aromatic carbocycles. The summed E-state index contributed by atoms with van der Waals surface area (Å²) in [7, 11) is 0. The molecular weight excluding hydrogens is 162 g/mol. The lowest BCUT2D eigenvalue weighted by Crippen LogP contribution is -2.24. The molecular formula is C8H20ClNO. The third kappa shape index (κ3) is 8.11. The molecule has 0 radical (unpaired) electrons. The van der Waals surface area contributed by atoms with Gasteiger partial charge >= 0.3 is 0 Å². The average Bonchev–Trinajstić information content (AvgIpc) is 1.99. The zero-order chi connectivity index (χ0) is 7.82. The lowest BCUT2D eigenvalue weighted by molar-refractivity contribution is 0.254. The lowest BCUT2D eigenvalue weighted by atomic mass is 10.3. The van der Waals surface area contributed by atoms with Crippen molar-refractivity contribution in [2.24, 2.45) is 0 Å². The van der Waals surface area contributed by atoms with Gasteiger partial charge in [0.2, 0.25) is 0 Å². The number of halogens is 1. The van der Waals surface area contributed by atoms with Crippen molar-refractivity contribution in [3.63, 3.8) is 0 Å². The van der Waals surface area contributed by atoms with Gasteiger partial charge in [0.1, 0.15) is 0 Å². The molecule has 0 rings (SSSR count). The van der Waals surface area contributed by atoms with Gasteiger partial charge in [-0.25, -0.2) is 0 Å². The molecule has 0 aromatic heterocycles. The second-order valence-electron chi connectivity index (χ2n) is 2.46. The number of nitrogens with zero attached hydrogens (tertiary/aromatic N) is 1. The van der Waals surface area contributed by atoms with Gasteiger partial charge in [-0.15, -0.1) is 12.4 Å². The van der Waals surface area contributed by atoms with Crippen LogP contribution < -0.4 is 0 Å². The van der Waals surface area contributed by atoms with Gasteiger partial charge in [-0.2, -0.15) is 0 Å². The van der Waals surface area contributed by atoms with Crippen molar-refractivity contribution >= 4 is 12.4 Å². The summed E-state index contributed by atoms with van der Waals surface area (Å²) < 4.78 is 0. The van der Waals surface area contributed by atoms with E-state index in [1.54, 1.807) is 0 Å². The first-order valence-electron chi connectivity index (χ1n) is 4.18. The van der Waals surface area contributed by atoms with Crippen LogP contribution in [0.4, 0.5) is 0 Å². The Labute approximate surface area is 76.0 Å². The van der Waals surface area contributed by atoms with Crippen LogP contribution in [0.2, 0.25) is 0 Å². The van der Waals surface area contributed by atoms with Crippen molar-refractivity contribution in [3.8, 4) is 0 Å². The molecule has 0 aliphatic carbocycles. The van der Waals surface area contributed by atoms with Crippen LogP contribution in [0.1, 0.15) is 26.7 Å². The summed E-state index contributed by atoms with van der Waals surface area (Å²) in [4.78, 5) is 2.37. The van der Waals surface area contributed by atoms with Gasteiger partial charge in [0, 0.05) is 6.61 Å². The van der Waals surface area contributed by atoms with E-state index in [0.717, 1.165) is 32.5 Å². The van der Waals surface area contributed by atoms with E-state index in [0.29, 0.717) is 6.61 Å². The van der Waals surface area contributed by atoms with Gasteiger partial charge in [-0.3, -0.25) is 0 Å². The first-order valence-corrected chi connectivity index (χ1v) is 4.18. The highest BCUT2D eigenvalue weighted by atomic mass is 35.5. The Balaban J connectivity index is 0. The zero-order valence-electron chi connectivity index (χ0n) is 7.55. The van der Waals surface area contributed by atoms with E-state index < -0.39 is 0 Å². The van der Waals surface area contributed by atoms with Crippen LogP contribution in [0.25, 0.3) is 0 Å². The highest BCUT2D eigenvalue weighted by Crippen LogP contribution is 1.93. The minimum atomic E-state index is 0. The van der Waals surface area contributed by atoms with Crippen LogP contribution in [-0.2, 0) is 0 Å². The summed E-state index contributed by atoms with van der Waals surface area (Å²) in [6.07, 6.45) is 2.06. The predicted octanol–water partition coefficient (Wildman–Crippen LogP) is 1.52. The number of hydrogen-bond donors (Lipinski definition) is 1. The Bertz CT molecular complexity index is 67.1. The van der Waals surface area contributed by atoms with Crippen LogP contribution >= 0.6 is 12.4 Å². The molecule has 0 saturated carbocycles. The molecule has 0 unspecified atom stereocenters. The largest absolute Gasteiger partial charge is 0.396 e. The first-order chi connectivity index (χ1) is 4.85. The number of unbranched alkanes of at least 4 members (excludes halogenated alkanes) is 1. The van der Waals surface area contributed by atoms with E-state index >= 15 is 0 Å². The van der Waals surface area contributed by atoms with Gasteiger partial charge in [0.25, 0.3) is 0 Å². The molecule has 70 valence electrons. The van der Waals surface area contributed by atoms with Crippen molar-refractivity contribution in [1.82, 2.24) is 4.90 Å². The number of aliphatic hydroxyl groups excluding tert-OH is 1. The van der Waals surface area contributed by atoms with E-state index in [4.69, 9.17) is 5.11 Å². The van der Waals surface area contributed by atoms with Gasteiger partial charge in [-0.05, 0) is 32.5 Å². The Morgan fingerprint density at radius 1 is 1.09 bits per heavy atom. The second kappa shape index (κ2) is 10.2. The smallest absolute Gasteiger partial charge is 0.0431 e. The Morgan fingerprint density at radius 3 is 2.00 bits per heavy atom. The topological polar surface area (TPSA) is 23.5 Å². The van der Waals surface area contributed by atoms with Crippen molar-refractivity contribution in [2.75, 3.05) is 26.2 Å². The minimum absolute atomic E-state index is 0. The molecule has 3 heteroatoms. The van der Waals surface area contributed by atoms with Crippen LogP contribution in [0.15, 0.2) is 0 Å². The van der Waals surface area contributed by atoms with Crippen molar-refractivity contribution < 1.29 is 5.11 Å². The zero-order valence-corrected chi connectivity index (χ0v) is 8.36. The van der Waals surface area contributed by atoms with Crippen LogP contribution in [0.3, 0.4) is 0 Å². The van der Waals surface area contributed by atoms with Crippen LogP contribution in [0.5, 0.6) is 0 Å². The average molecular weight is 182 g/mol.